The summed E-state index contributed by atoms with van der Waals surface area (Å²) in [5.41, 5.74) is 7.47. The van der Waals surface area contributed by atoms with Crippen LogP contribution >= 0.6 is 23.1 Å². The van der Waals surface area contributed by atoms with E-state index in [2.05, 4.69) is 30.7 Å². The maximum Gasteiger partial charge on any atom is 0.0456 e. The van der Waals surface area contributed by atoms with Gasteiger partial charge in [0.2, 0.25) is 0 Å². The lowest BCUT2D eigenvalue weighted by atomic mass is 10.1. The van der Waals surface area contributed by atoms with Crippen LogP contribution in [0.1, 0.15) is 31.1 Å². The van der Waals surface area contributed by atoms with Crippen molar-refractivity contribution in [3.05, 3.63) is 22.4 Å². The topological polar surface area (TPSA) is 26.0 Å². The van der Waals surface area contributed by atoms with Crippen LogP contribution in [0.4, 0.5) is 0 Å². The van der Waals surface area contributed by atoms with Gasteiger partial charge in [-0.25, -0.2) is 0 Å². The summed E-state index contributed by atoms with van der Waals surface area (Å²) in [4.78, 5) is 0. The van der Waals surface area contributed by atoms with E-state index < -0.39 is 0 Å². The fourth-order valence-electron chi connectivity index (χ4n) is 1.30. The third-order valence-corrected chi connectivity index (χ3v) is 4.09. The monoisotopic (exact) mass is 215 g/mol. The van der Waals surface area contributed by atoms with E-state index >= 15 is 0 Å². The normalized spacial score (nSPS) is 15.6. The van der Waals surface area contributed by atoms with E-state index in [9.17, 15) is 0 Å². The van der Waals surface area contributed by atoms with Crippen molar-refractivity contribution in [2.75, 3.05) is 5.75 Å². The molecule has 0 radical (unpaired) electrons. The van der Waals surface area contributed by atoms with Gasteiger partial charge in [0.1, 0.15) is 0 Å². The van der Waals surface area contributed by atoms with Crippen LogP contribution in [0, 0.1) is 0 Å². The van der Waals surface area contributed by atoms with Crippen LogP contribution in [-0.2, 0) is 0 Å². The molecule has 2 unspecified atom stereocenters. The molecule has 1 nitrogen and oxygen atoms in total. The van der Waals surface area contributed by atoms with Gasteiger partial charge in [-0.05, 0) is 34.6 Å². The summed E-state index contributed by atoms with van der Waals surface area (Å²) in [7, 11) is 0. The SMILES string of the molecule is CCSC(c1ccsc1)C(N)CC. The molecule has 1 heterocycles. The van der Waals surface area contributed by atoms with Crippen molar-refractivity contribution in [2.45, 2.75) is 31.6 Å². The number of hydrogen-bond donors (Lipinski definition) is 1. The maximum absolute atomic E-state index is 6.08. The number of rotatable bonds is 5. The molecule has 3 heteroatoms. The van der Waals surface area contributed by atoms with Gasteiger partial charge < -0.3 is 5.73 Å². The van der Waals surface area contributed by atoms with Crippen LogP contribution in [0.25, 0.3) is 0 Å². The molecule has 0 aromatic carbocycles. The lowest BCUT2D eigenvalue weighted by Gasteiger charge is -2.20. The molecule has 1 aromatic rings. The lowest BCUT2D eigenvalue weighted by Crippen LogP contribution is -2.25. The molecule has 0 saturated heterocycles. The fourth-order valence-corrected chi connectivity index (χ4v) is 3.22. The van der Waals surface area contributed by atoms with Gasteiger partial charge in [0.05, 0.1) is 0 Å². The Morgan fingerprint density at radius 1 is 1.54 bits per heavy atom. The Balaban J connectivity index is 2.68. The molecule has 0 aliphatic rings. The van der Waals surface area contributed by atoms with Crippen LogP contribution < -0.4 is 5.73 Å². The van der Waals surface area contributed by atoms with Gasteiger partial charge in [-0.1, -0.05) is 13.8 Å². The quantitative estimate of drug-likeness (QED) is 0.815. The molecule has 0 amide bonds. The van der Waals surface area contributed by atoms with Gasteiger partial charge in [-0.2, -0.15) is 23.1 Å². The van der Waals surface area contributed by atoms with E-state index in [1.54, 1.807) is 11.3 Å². The molecule has 0 fully saturated rings. The minimum atomic E-state index is 0.291. The Hall–Kier alpha value is 0.01000. The molecule has 0 aliphatic carbocycles. The van der Waals surface area contributed by atoms with E-state index in [0.29, 0.717) is 11.3 Å². The minimum Gasteiger partial charge on any atom is -0.326 e. The third kappa shape index (κ3) is 3.01. The molecule has 0 aliphatic heterocycles. The first-order valence-corrected chi connectivity index (χ1v) is 6.68. The Bertz CT molecular complexity index is 221. The average Bonchev–Trinajstić information content (AvgIpc) is 2.65. The van der Waals surface area contributed by atoms with Gasteiger partial charge in [0, 0.05) is 11.3 Å². The molecule has 1 rings (SSSR count). The van der Waals surface area contributed by atoms with Crippen molar-refractivity contribution in [1.29, 1.82) is 0 Å². The average molecular weight is 215 g/mol. The van der Waals surface area contributed by atoms with Crippen molar-refractivity contribution in [3.8, 4) is 0 Å². The molecule has 0 saturated carbocycles. The van der Waals surface area contributed by atoms with E-state index in [4.69, 9.17) is 5.73 Å². The van der Waals surface area contributed by atoms with Gasteiger partial charge in [-0.15, -0.1) is 0 Å². The largest absolute Gasteiger partial charge is 0.326 e. The highest BCUT2D eigenvalue weighted by Crippen LogP contribution is 2.33. The summed E-state index contributed by atoms with van der Waals surface area (Å²) < 4.78 is 0. The highest BCUT2D eigenvalue weighted by atomic mass is 32.2. The van der Waals surface area contributed by atoms with Gasteiger partial charge in [-0.3, -0.25) is 0 Å². The van der Waals surface area contributed by atoms with Crippen molar-refractivity contribution in [3.63, 3.8) is 0 Å². The zero-order chi connectivity index (χ0) is 9.68. The summed E-state index contributed by atoms with van der Waals surface area (Å²) in [6.07, 6.45) is 1.05. The Labute approximate surface area is 88.7 Å². The van der Waals surface area contributed by atoms with E-state index in [1.807, 2.05) is 11.8 Å². The first-order chi connectivity index (χ1) is 6.29. The molecule has 0 bridgehead atoms. The van der Waals surface area contributed by atoms with Crippen LogP contribution in [0.2, 0.25) is 0 Å². The van der Waals surface area contributed by atoms with Crippen LogP contribution in [0.5, 0.6) is 0 Å². The van der Waals surface area contributed by atoms with Crippen molar-refractivity contribution in [1.82, 2.24) is 0 Å². The second-order valence-electron chi connectivity index (χ2n) is 3.00. The summed E-state index contributed by atoms with van der Waals surface area (Å²) in [6.45, 7) is 4.34. The van der Waals surface area contributed by atoms with Crippen LogP contribution in [0.15, 0.2) is 16.8 Å². The molecule has 74 valence electrons. The highest BCUT2D eigenvalue weighted by Gasteiger charge is 2.18. The number of nitrogens with two attached hydrogens (primary N) is 1. The summed E-state index contributed by atoms with van der Waals surface area (Å²) >= 11 is 3.70. The van der Waals surface area contributed by atoms with E-state index in [1.165, 1.54) is 5.56 Å². The highest BCUT2D eigenvalue weighted by molar-refractivity contribution is 7.99. The van der Waals surface area contributed by atoms with Crippen LogP contribution in [-0.4, -0.2) is 11.8 Å². The molecule has 1 aromatic heterocycles. The zero-order valence-corrected chi connectivity index (χ0v) is 9.83. The fraction of sp³-hybridized carbons (Fsp3) is 0.600. The van der Waals surface area contributed by atoms with Crippen molar-refractivity contribution in [2.24, 2.45) is 5.73 Å². The molecule has 0 spiro atoms. The Morgan fingerprint density at radius 2 is 2.31 bits per heavy atom. The minimum absolute atomic E-state index is 0.291. The molecular formula is C10H17NS2. The first kappa shape index (κ1) is 11.1. The first-order valence-electron chi connectivity index (χ1n) is 4.68. The molecule has 2 atom stereocenters. The smallest absolute Gasteiger partial charge is 0.0456 e. The summed E-state index contributed by atoms with van der Waals surface area (Å²) in [5.74, 6) is 1.13. The van der Waals surface area contributed by atoms with E-state index in [-0.39, 0.29) is 0 Å². The number of thioether (sulfide) groups is 1. The Morgan fingerprint density at radius 3 is 2.77 bits per heavy atom. The predicted molar refractivity (Wildman–Crippen MR) is 63.5 cm³/mol. The van der Waals surface area contributed by atoms with Gasteiger partial charge >= 0.3 is 0 Å². The van der Waals surface area contributed by atoms with Crippen molar-refractivity contribution < 1.29 is 0 Å². The van der Waals surface area contributed by atoms with Gasteiger partial charge in [0.25, 0.3) is 0 Å². The number of hydrogen-bond acceptors (Lipinski definition) is 3. The second-order valence-corrected chi connectivity index (χ2v) is 5.20. The standard InChI is InChI=1S/C10H17NS2/c1-3-9(11)10(13-4-2)8-5-6-12-7-8/h5-7,9-10H,3-4,11H2,1-2H3. The summed E-state index contributed by atoms with van der Waals surface area (Å²) in [5, 5.41) is 4.82. The predicted octanol–water partition coefficient (Wildman–Crippen LogP) is 3.28. The van der Waals surface area contributed by atoms with Gasteiger partial charge in [0.15, 0.2) is 0 Å². The van der Waals surface area contributed by atoms with E-state index in [0.717, 1.165) is 12.2 Å². The Kier molecular flexibility index (Phi) is 4.84. The van der Waals surface area contributed by atoms with Crippen molar-refractivity contribution >= 4 is 23.1 Å². The molecule has 13 heavy (non-hydrogen) atoms. The molecule has 2 N–H and O–H groups in total. The van der Waals surface area contributed by atoms with Crippen LogP contribution in [0.3, 0.4) is 0 Å². The third-order valence-electron chi connectivity index (χ3n) is 2.08. The second kappa shape index (κ2) is 5.68. The summed E-state index contributed by atoms with van der Waals surface area (Å²) in [6, 6.07) is 2.48. The lowest BCUT2D eigenvalue weighted by molar-refractivity contribution is 0.635. The zero-order valence-electron chi connectivity index (χ0n) is 8.19. The number of thiophene rings is 1. The maximum atomic E-state index is 6.08. The molecular weight excluding hydrogens is 198 g/mol.